The van der Waals surface area contributed by atoms with Crippen molar-refractivity contribution in [2.45, 2.75) is 4.90 Å². The summed E-state index contributed by atoms with van der Waals surface area (Å²) in [5.41, 5.74) is 0.435. The second kappa shape index (κ2) is 7.77. The van der Waals surface area contributed by atoms with Gasteiger partial charge in [0.2, 0.25) is 0 Å². The van der Waals surface area contributed by atoms with E-state index >= 15 is 0 Å². The van der Waals surface area contributed by atoms with Crippen LogP contribution in [0.4, 0.5) is 5.69 Å². The smallest absolute Gasteiger partial charge is 0.331 e. The maximum Gasteiger partial charge on any atom is 0.331 e. The average Bonchev–Trinajstić information content (AvgIpc) is 2.97. The van der Waals surface area contributed by atoms with Crippen molar-refractivity contribution in [1.82, 2.24) is 0 Å². The Bertz CT molecular complexity index is 1030. The number of rotatable bonds is 4. The molecule has 9 heteroatoms. The van der Waals surface area contributed by atoms with Gasteiger partial charge in [0, 0.05) is 6.08 Å². The molecule has 2 aromatic carbocycles. The number of carbonyl (C=O) groups excluding carboxylic acids is 2. The van der Waals surface area contributed by atoms with Crippen molar-refractivity contribution < 1.29 is 22.7 Å². The number of hydrogen-bond donors (Lipinski definition) is 0. The maximum atomic E-state index is 12.7. The van der Waals surface area contributed by atoms with Gasteiger partial charge in [-0.2, -0.15) is 8.42 Å². The predicted octanol–water partition coefficient (Wildman–Crippen LogP) is 2.57. The molecule has 3 rings (SSSR count). The Morgan fingerprint density at radius 3 is 2.26 bits per heavy atom. The Morgan fingerprint density at radius 1 is 1.07 bits per heavy atom. The van der Waals surface area contributed by atoms with E-state index in [1.54, 1.807) is 48.5 Å². The molecule has 0 bridgehead atoms. The molecule has 0 atom stereocenters. The van der Waals surface area contributed by atoms with Crippen molar-refractivity contribution >= 4 is 44.5 Å². The molecule has 0 aliphatic carbocycles. The summed E-state index contributed by atoms with van der Waals surface area (Å²) in [6.07, 6.45) is 1.01. The first-order valence-corrected chi connectivity index (χ1v) is 9.95. The first kappa shape index (κ1) is 18.9. The van der Waals surface area contributed by atoms with Gasteiger partial charge in [-0.1, -0.05) is 36.4 Å². The summed E-state index contributed by atoms with van der Waals surface area (Å²) in [5, 5.41) is -0.0646. The lowest BCUT2D eigenvalue weighted by Crippen LogP contribution is -2.29. The summed E-state index contributed by atoms with van der Waals surface area (Å²) in [6.45, 7) is 0. The van der Waals surface area contributed by atoms with Crippen LogP contribution in [0.25, 0.3) is 0 Å². The molecule has 27 heavy (non-hydrogen) atoms. The molecule has 0 N–H and O–H groups in total. The number of benzene rings is 2. The quantitative estimate of drug-likeness (QED) is 0.576. The summed E-state index contributed by atoms with van der Waals surface area (Å²) >= 11 is 0.794. The zero-order valence-corrected chi connectivity index (χ0v) is 15.7. The van der Waals surface area contributed by atoms with E-state index in [1.165, 1.54) is 19.2 Å². The van der Waals surface area contributed by atoms with Crippen molar-refractivity contribution in [2.24, 2.45) is 4.40 Å². The number of amidine groups is 1. The lowest BCUT2D eigenvalue weighted by molar-refractivity contribution is -0.135. The lowest BCUT2D eigenvalue weighted by atomic mass is 10.3. The van der Waals surface area contributed by atoms with Gasteiger partial charge in [0.05, 0.1) is 22.6 Å². The van der Waals surface area contributed by atoms with Crippen LogP contribution in [0.2, 0.25) is 0 Å². The first-order chi connectivity index (χ1) is 12.9. The molecular weight excluding hydrogens is 388 g/mol. The third-order valence-corrected chi connectivity index (χ3v) is 5.88. The highest BCUT2D eigenvalue weighted by Gasteiger charge is 2.36. The van der Waals surface area contributed by atoms with E-state index in [0.29, 0.717) is 5.69 Å². The number of anilines is 1. The molecule has 1 aliphatic heterocycles. The maximum absolute atomic E-state index is 12.7. The van der Waals surface area contributed by atoms with E-state index in [-0.39, 0.29) is 15.0 Å². The highest BCUT2D eigenvalue weighted by Crippen LogP contribution is 2.35. The van der Waals surface area contributed by atoms with Crippen LogP contribution < -0.4 is 4.90 Å². The second-order valence-electron chi connectivity index (χ2n) is 5.27. The first-order valence-electron chi connectivity index (χ1n) is 7.69. The number of methoxy groups -OCH3 is 1. The Hall–Kier alpha value is -2.91. The molecule has 138 valence electrons. The molecule has 0 saturated carbocycles. The van der Waals surface area contributed by atoms with Crippen LogP contribution in [0.1, 0.15) is 0 Å². The van der Waals surface area contributed by atoms with Gasteiger partial charge in [0.25, 0.3) is 15.9 Å². The molecule has 0 unspecified atom stereocenters. The van der Waals surface area contributed by atoms with Gasteiger partial charge < -0.3 is 4.74 Å². The molecule has 1 saturated heterocycles. The number of nitrogens with zero attached hydrogens (tertiary/aromatic N) is 2. The SMILES string of the molecule is COC(=O)/C=C1\S/C(=N/S(=O)(=O)c2ccccc2)N(c2ccccc2)C1=O. The zero-order chi connectivity index (χ0) is 19.4. The van der Waals surface area contributed by atoms with E-state index in [9.17, 15) is 18.0 Å². The van der Waals surface area contributed by atoms with Gasteiger partial charge in [0.1, 0.15) is 0 Å². The van der Waals surface area contributed by atoms with E-state index in [1.807, 2.05) is 0 Å². The highest BCUT2D eigenvalue weighted by molar-refractivity contribution is 8.19. The topological polar surface area (TPSA) is 93.1 Å². The molecule has 1 heterocycles. The number of sulfonamides is 1. The molecule has 1 aliphatic rings. The van der Waals surface area contributed by atoms with Gasteiger partial charge >= 0.3 is 5.97 Å². The Kier molecular flexibility index (Phi) is 5.43. The Morgan fingerprint density at radius 2 is 1.67 bits per heavy atom. The average molecular weight is 402 g/mol. The number of amides is 1. The molecule has 0 aromatic heterocycles. The molecule has 0 radical (unpaired) electrons. The van der Waals surface area contributed by atoms with Crippen LogP contribution in [0.15, 0.2) is 80.9 Å². The minimum Gasteiger partial charge on any atom is -0.466 e. The summed E-state index contributed by atoms with van der Waals surface area (Å²) in [6, 6.07) is 16.1. The molecule has 2 aromatic rings. The van der Waals surface area contributed by atoms with Gasteiger partial charge in [0.15, 0.2) is 5.17 Å². The highest BCUT2D eigenvalue weighted by atomic mass is 32.2. The van der Waals surface area contributed by atoms with Gasteiger partial charge in [-0.05, 0) is 36.0 Å². The number of para-hydroxylation sites is 1. The minimum atomic E-state index is -4.04. The summed E-state index contributed by atoms with van der Waals surface area (Å²) < 4.78 is 33.6. The third-order valence-electron chi connectivity index (χ3n) is 3.51. The van der Waals surface area contributed by atoms with Crippen LogP contribution in [0.3, 0.4) is 0 Å². The fourth-order valence-electron chi connectivity index (χ4n) is 2.25. The largest absolute Gasteiger partial charge is 0.466 e. The van der Waals surface area contributed by atoms with E-state index in [2.05, 4.69) is 9.13 Å². The monoisotopic (exact) mass is 402 g/mol. The van der Waals surface area contributed by atoms with Crippen LogP contribution in [0, 0.1) is 0 Å². The van der Waals surface area contributed by atoms with Gasteiger partial charge in [-0.25, -0.2) is 4.79 Å². The van der Waals surface area contributed by atoms with Crippen LogP contribution in [-0.4, -0.2) is 32.6 Å². The van der Waals surface area contributed by atoms with Crippen LogP contribution in [-0.2, 0) is 24.3 Å². The zero-order valence-electron chi connectivity index (χ0n) is 14.1. The summed E-state index contributed by atoms with van der Waals surface area (Å²) in [5.74, 6) is -1.27. The van der Waals surface area contributed by atoms with Gasteiger partial charge in [-0.15, -0.1) is 4.40 Å². The van der Waals surface area contributed by atoms with Crippen molar-refractivity contribution in [3.8, 4) is 0 Å². The fourth-order valence-corrected chi connectivity index (χ4v) is 4.40. The number of carbonyl (C=O) groups is 2. The molecule has 1 amide bonds. The van der Waals surface area contributed by atoms with Crippen molar-refractivity contribution in [3.63, 3.8) is 0 Å². The molecule has 1 fully saturated rings. The lowest BCUT2D eigenvalue weighted by Gasteiger charge is -2.15. The number of hydrogen-bond acceptors (Lipinski definition) is 6. The Labute approximate surface area is 160 Å². The Balaban J connectivity index is 2.09. The standard InChI is InChI=1S/C18H14N2O5S2/c1-25-16(21)12-15-17(22)20(13-8-4-2-5-9-13)18(26-15)19-27(23,24)14-10-6-3-7-11-14/h2-12H,1H3/b15-12-,19-18+. The van der Waals surface area contributed by atoms with Crippen LogP contribution >= 0.6 is 11.8 Å². The fraction of sp³-hybridized carbons (Fsp3) is 0.0556. The van der Waals surface area contributed by atoms with Crippen molar-refractivity contribution in [1.29, 1.82) is 0 Å². The minimum absolute atomic E-state index is 0.00366. The predicted molar refractivity (Wildman–Crippen MR) is 103 cm³/mol. The van der Waals surface area contributed by atoms with Crippen LogP contribution in [0.5, 0.6) is 0 Å². The number of thioether (sulfide) groups is 1. The van der Waals surface area contributed by atoms with Crippen molar-refractivity contribution in [2.75, 3.05) is 12.0 Å². The molecule has 0 spiro atoms. The third kappa shape index (κ3) is 4.09. The van der Waals surface area contributed by atoms with E-state index in [4.69, 9.17) is 0 Å². The number of ether oxygens (including phenoxy) is 1. The summed E-state index contributed by atoms with van der Waals surface area (Å²) in [7, 11) is -2.85. The number of esters is 1. The molecule has 7 nitrogen and oxygen atoms in total. The summed E-state index contributed by atoms with van der Waals surface area (Å²) in [4.78, 5) is 25.5. The van der Waals surface area contributed by atoms with E-state index in [0.717, 1.165) is 22.7 Å². The van der Waals surface area contributed by atoms with Gasteiger partial charge in [-0.3, -0.25) is 9.69 Å². The van der Waals surface area contributed by atoms with E-state index < -0.39 is 21.9 Å². The second-order valence-corrected chi connectivity index (χ2v) is 7.89. The normalized spacial score (nSPS) is 17.5. The van der Waals surface area contributed by atoms with Crippen molar-refractivity contribution in [3.05, 3.63) is 71.6 Å². The molecular formula is C18H14N2O5S2.